The third-order valence-electron chi connectivity index (χ3n) is 2.15. The molecule has 0 unspecified atom stereocenters. The summed E-state index contributed by atoms with van der Waals surface area (Å²) < 4.78 is 5.11. The highest BCUT2D eigenvalue weighted by Gasteiger charge is 2.15. The monoisotopic (exact) mass is 256 g/mol. The van der Waals surface area contributed by atoms with Crippen molar-refractivity contribution in [3.05, 3.63) is 12.3 Å². The highest BCUT2D eigenvalue weighted by Crippen LogP contribution is 2.05. The summed E-state index contributed by atoms with van der Waals surface area (Å²) in [5.41, 5.74) is -0.434. The Kier molecular flexibility index (Phi) is 9.15. The molecule has 0 atom stereocenters. The Labute approximate surface area is 111 Å². The van der Waals surface area contributed by atoms with E-state index in [4.69, 9.17) is 4.74 Å². The van der Waals surface area contributed by atoms with Crippen LogP contribution in [0.2, 0.25) is 0 Å². The smallest absolute Gasteiger partial charge is 0.407 e. The first-order valence-corrected chi connectivity index (χ1v) is 6.81. The second kappa shape index (κ2) is 9.80. The number of hydrogen-bond donors (Lipinski definition) is 2. The molecule has 0 saturated heterocycles. The van der Waals surface area contributed by atoms with Gasteiger partial charge in [-0.05, 0) is 39.8 Å². The zero-order valence-corrected chi connectivity index (χ0v) is 12.2. The molecule has 0 fully saturated rings. The number of alkyl carbamates (subject to hydrolysis) is 1. The van der Waals surface area contributed by atoms with Crippen molar-refractivity contribution in [2.45, 2.75) is 59.0 Å². The number of carbonyl (C=O) groups is 1. The summed E-state index contributed by atoms with van der Waals surface area (Å²) in [6.07, 6.45) is 8.60. The third kappa shape index (κ3) is 12.9. The molecule has 0 aliphatic carbocycles. The molecule has 0 heterocycles. The van der Waals surface area contributed by atoms with Crippen LogP contribution in [0.25, 0.3) is 0 Å². The van der Waals surface area contributed by atoms with Gasteiger partial charge in [0.25, 0.3) is 0 Å². The largest absolute Gasteiger partial charge is 0.444 e. The molecule has 0 aliphatic rings. The fourth-order valence-electron chi connectivity index (χ4n) is 1.31. The zero-order chi connectivity index (χ0) is 13.9. The summed E-state index contributed by atoms with van der Waals surface area (Å²) >= 11 is 0. The van der Waals surface area contributed by atoms with Crippen molar-refractivity contribution in [1.29, 1.82) is 0 Å². The maximum atomic E-state index is 11.3. The average Bonchev–Trinajstić information content (AvgIpc) is 2.24. The number of unbranched alkanes of at least 4 members (excludes halogenated alkanes) is 3. The van der Waals surface area contributed by atoms with Gasteiger partial charge in [0.05, 0.1) is 0 Å². The summed E-state index contributed by atoms with van der Waals surface area (Å²) in [5.74, 6) is 0. The fraction of sp³-hybridized carbons (Fsp3) is 0.786. The Balaban J connectivity index is 3.37. The molecule has 0 aliphatic heterocycles. The Hall–Kier alpha value is -1.19. The van der Waals surface area contributed by atoms with Crippen molar-refractivity contribution in [3.63, 3.8) is 0 Å². The van der Waals surface area contributed by atoms with E-state index in [-0.39, 0.29) is 6.09 Å². The minimum atomic E-state index is -0.434. The van der Waals surface area contributed by atoms with Crippen molar-refractivity contribution in [2.24, 2.45) is 0 Å². The van der Waals surface area contributed by atoms with Crippen LogP contribution >= 0.6 is 0 Å². The molecular weight excluding hydrogens is 228 g/mol. The first kappa shape index (κ1) is 16.8. The van der Waals surface area contributed by atoms with Crippen LogP contribution in [0, 0.1) is 0 Å². The van der Waals surface area contributed by atoms with Gasteiger partial charge in [-0.3, -0.25) is 0 Å². The molecule has 2 N–H and O–H groups in total. The van der Waals surface area contributed by atoms with E-state index in [9.17, 15) is 4.79 Å². The molecule has 0 saturated carbocycles. The lowest BCUT2D eigenvalue weighted by Gasteiger charge is -2.19. The highest BCUT2D eigenvalue weighted by molar-refractivity contribution is 5.67. The van der Waals surface area contributed by atoms with Gasteiger partial charge in [-0.25, -0.2) is 4.79 Å². The number of amides is 1. The highest BCUT2D eigenvalue weighted by atomic mass is 16.6. The Morgan fingerprint density at radius 2 is 1.94 bits per heavy atom. The van der Waals surface area contributed by atoms with Crippen LogP contribution in [-0.2, 0) is 4.74 Å². The first-order chi connectivity index (χ1) is 8.45. The van der Waals surface area contributed by atoms with E-state index >= 15 is 0 Å². The molecule has 0 aromatic rings. The molecule has 0 radical (unpaired) electrons. The molecular formula is C14H28N2O2. The third-order valence-corrected chi connectivity index (χ3v) is 2.15. The zero-order valence-electron chi connectivity index (χ0n) is 12.2. The Morgan fingerprint density at radius 3 is 2.56 bits per heavy atom. The second-order valence-corrected chi connectivity index (χ2v) is 5.28. The van der Waals surface area contributed by atoms with Crippen LogP contribution in [0.1, 0.15) is 53.4 Å². The summed E-state index contributed by atoms with van der Waals surface area (Å²) in [6, 6.07) is 0. The lowest BCUT2D eigenvalue weighted by molar-refractivity contribution is 0.0529. The molecule has 4 heteroatoms. The van der Waals surface area contributed by atoms with E-state index in [2.05, 4.69) is 23.6 Å². The van der Waals surface area contributed by atoms with Crippen molar-refractivity contribution in [2.75, 3.05) is 13.1 Å². The lowest BCUT2D eigenvalue weighted by Crippen LogP contribution is -2.35. The Bertz CT molecular complexity index is 245. The molecule has 0 aromatic heterocycles. The fourth-order valence-corrected chi connectivity index (χ4v) is 1.31. The van der Waals surface area contributed by atoms with Gasteiger partial charge < -0.3 is 15.4 Å². The predicted octanol–water partition coefficient (Wildman–Crippen LogP) is 3.19. The van der Waals surface area contributed by atoms with Gasteiger partial charge in [-0.15, -0.1) is 0 Å². The maximum absolute atomic E-state index is 11.3. The van der Waals surface area contributed by atoms with E-state index in [1.54, 1.807) is 0 Å². The van der Waals surface area contributed by atoms with Gasteiger partial charge in [-0.2, -0.15) is 0 Å². The van der Waals surface area contributed by atoms with Gasteiger partial charge in [0.1, 0.15) is 5.60 Å². The van der Waals surface area contributed by atoms with Gasteiger partial charge in [0, 0.05) is 13.1 Å². The van der Waals surface area contributed by atoms with E-state index in [1.165, 1.54) is 19.3 Å². The topological polar surface area (TPSA) is 50.4 Å². The summed E-state index contributed by atoms with van der Waals surface area (Å²) in [4.78, 5) is 11.3. The van der Waals surface area contributed by atoms with Crippen LogP contribution < -0.4 is 10.6 Å². The van der Waals surface area contributed by atoms with Gasteiger partial charge in [-0.1, -0.05) is 25.8 Å². The maximum Gasteiger partial charge on any atom is 0.407 e. The number of hydrogen-bond acceptors (Lipinski definition) is 3. The summed E-state index contributed by atoms with van der Waals surface area (Å²) in [5, 5.41) is 5.82. The SMILES string of the molecule is CCCCCC=CNCCNC(=O)OC(C)(C)C. The number of ether oxygens (including phenoxy) is 1. The first-order valence-electron chi connectivity index (χ1n) is 6.81. The van der Waals surface area contributed by atoms with E-state index in [1.807, 2.05) is 27.0 Å². The van der Waals surface area contributed by atoms with Crippen LogP contribution in [0.3, 0.4) is 0 Å². The van der Waals surface area contributed by atoms with E-state index in [0.717, 1.165) is 6.42 Å². The predicted molar refractivity (Wildman–Crippen MR) is 75.5 cm³/mol. The lowest BCUT2D eigenvalue weighted by atomic mass is 10.2. The average molecular weight is 256 g/mol. The standard InChI is InChI=1S/C14H28N2O2/c1-5-6-7-8-9-10-15-11-12-16-13(17)18-14(2,3)4/h9-10,15H,5-8,11-12H2,1-4H3,(H,16,17). The molecule has 4 nitrogen and oxygen atoms in total. The van der Waals surface area contributed by atoms with Crippen LogP contribution in [-0.4, -0.2) is 24.8 Å². The molecule has 0 rings (SSSR count). The quantitative estimate of drug-likeness (QED) is 0.656. The van der Waals surface area contributed by atoms with Gasteiger partial charge in [0.2, 0.25) is 0 Å². The van der Waals surface area contributed by atoms with Gasteiger partial charge >= 0.3 is 6.09 Å². The van der Waals surface area contributed by atoms with Crippen molar-refractivity contribution in [1.82, 2.24) is 10.6 Å². The van der Waals surface area contributed by atoms with E-state index < -0.39 is 5.60 Å². The van der Waals surface area contributed by atoms with Crippen LogP contribution in [0.5, 0.6) is 0 Å². The number of nitrogens with one attached hydrogen (secondary N) is 2. The molecule has 0 spiro atoms. The molecule has 18 heavy (non-hydrogen) atoms. The second-order valence-electron chi connectivity index (χ2n) is 5.28. The Morgan fingerprint density at radius 1 is 1.22 bits per heavy atom. The minimum absolute atomic E-state index is 0.365. The number of allylic oxidation sites excluding steroid dienone is 1. The van der Waals surface area contributed by atoms with Crippen molar-refractivity contribution in [3.8, 4) is 0 Å². The number of carbonyl (C=O) groups excluding carboxylic acids is 1. The van der Waals surface area contributed by atoms with E-state index in [0.29, 0.717) is 13.1 Å². The number of rotatable bonds is 8. The molecule has 106 valence electrons. The van der Waals surface area contributed by atoms with Crippen LogP contribution in [0.4, 0.5) is 4.79 Å². The molecule has 0 aromatic carbocycles. The van der Waals surface area contributed by atoms with Crippen LogP contribution in [0.15, 0.2) is 12.3 Å². The van der Waals surface area contributed by atoms with Gasteiger partial charge in [0.15, 0.2) is 0 Å². The van der Waals surface area contributed by atoms with Crippen molar-refractivity contribution >= 4 is 6.09 Å². The summed E-state index contributed by atoms with van der Waals surface area (Å²) in [6.45, 7) is 9.03. The van der Waals surface area contributed by atoms with Crippen molar-refractivity contribution < 1.29 is 9.53 Å². The normalized spacial score (nSPS) is 11.6. The molecule has 1 amide bonds. The molecule has 0 bridgehead atoms. The minimum Gasteiger partial charge on any atom is -0.444 e. The summed E-state index contributed by atoms with van der Waals surface area (Å²) in [7, 11) is 0.